The Morgan fingerprint density at radius 3 is 1.77 bits per heavy atom. The topological polar surface area (TPSA) is 18.5 Å². The maximum atomic E-state index is 5.41. The third kappa shape index (κ3) is 5.32. The molecule has 0 aromatic carbocycles. The van der Waals surface area contributed by atoms with Gasteiger partial charge in [0.1, 0.15) is 0 Å². The fourth-order valence-corrected chi connectivity index (χ4v) is 2.75. The van der Waals surface area contributed by atoms with Gasteiger partial charge in [0.2, 0.25) is 0 Å². The minimum atomic E-state index is 0.131. The summed E-state index contributed by atoms with van der Waals surface area (Å²) < 4.78 is 10.9. The molecule has 0 N–H and O–H groups in total. The van der Waals surface area contributed by atoms with Gasteiger partial charge in [-0.3, -0.25) is 0 Å². The zero-order valence-electron chi connectivity index (χ0n) is 9.12. The van der Waals surface area contributed by atoms with Crippen LogP contribution in [-0.2, 0) is 8.37 Å². The molecule has 0 aromatic rings. The number of rotatable bonds is 7. The normalized spacial score (nSPS) is 12.7. The van der Waals surface area contributed by atoms with E-state index in [-0.39, 0.29) is 3.70 Å². The molecule has 0 aliphatic rings. The predicted molar refractivity (Wildman–Crippen MR) is 65.9 cm³/mol. The van der Waals surface area contributed by atoms with Gasteiger partial charge in [0.25, 0.3) is 0 Å². The fourth-order valence-electron chi connectivity index (χ4n) is 0.558. The van der Waals surface area contributed by atoms with Crippen molar-refractivity contribution < 1.29 is 8.37 Å². The maximum absolute atomic E-state index is 5.41. The number of hydrogen-bond donors (Lipinski definition) is 0. The van der Waals surface area contributed by atoms with E-state index in [0.29, 0.717) is 5.92 Å². The number of hydrogen-bond acceptors (Lipinski definition) is 4. The van der Waals surface area contributed by atoms with Gasteiger partial charge in [-0.1, -0.05) is 13.8 Å². The van der Waals surface area contributed by atoms with Gasteiger partial charge >= 0.3 is 0 Å². The van der Waals surface area contributed by atoms with Crippen molar-refractivity contribution in [1.29, 1.82) is 0 Å². The van der Waals surface area contributed by atoms with Crippen molar-refractivity contribution in [3.63, 3.8) is 0 Å². The third-order valence-corrected chi connectivity index (χ3v) is 6.61. The lowest BCUT2D eigenvalue weighted by molar-refractivity contribution is 0.382. The van der Waals surface area contributed by atoms with Crippen molar-refractivity contribution in [2.75, 3.05) is 13.2 Å². The smallest absolute Gasteiger partial charge is 0.0959 e. The van der Waals surface area contributed by atoms with E-state index < -0.39 is 0 Å². The zero-order chi connectivity index (χ0) is 10.3. The molecule has 0 aromatic heterocycles. The van der Waals surface area contributed by atoms with Gasteiger partial charge in [0, 0.05) is 34.3 Å². The summed E-state index contributed by atoms with van der Waals surface area (Å²) in [6.45, 7) is 9.97. The van der Waals surface area contributed by atoms with Crippen LogP contribution in [0.3, 0.4) is 0 Å². The van der Waals surface area contributed by atoms with Crippen LogP contribution < -0.4 is 0 Å². The van der Waals surface area contributed by atoms with Gasteiger partial charge in [-0.05, 0) is 19.8 Å². The predicted octanol–water partition coefficient (Wildman–Crippen LogP) is 2.03. The molecular weight excluding hydrogens is 220 g/mol. The molecule has 0 aliphatic heterocycles. The zero-order valence-corrected chi connectivity index (χ0v) is 12.8. The van der Waals surface area contributed by atoms with E-state index in [2.05, 4.69) is 13.8 Å². The SMILES string of the molecule is CCOSC([SiH3])(SOCC)C(C)C. The average molecular weight is 240 g/mol. The van der Waals surface area contributed by atoms with Crippen LogP contribution in [0.15, 0.2) is 0 Å². The van der Waals surface area contributed by atoms with Crippen LogP contribution in [0.25, 0.3) is 0 Å². The Labute approximate surface area is 93.4 Å². The van der Waals surface area contributed by atoms with E-state index >= 15 is 0 Å². The molecule has 13 heavy (non-hydrogen) atoms. The first-order valence-corrected chi connectivity index (χ1v) is 7.16. The van der Waals surface area contributed by atoms with E-state index in [0.717, 1.165) is 23.5 Å². The van der Waals surface area contributed by atoms with Gasteiger partial charge in [-0.15, -0.1) is 0 Å². The van der Waals surface area contributed by atoms with Crippen molar-refractivity contribution >= 4 is 34.3 Å². The molecule has 0 aliphatic carbocycles. The van der Waals surface area contributed by atoms with E-state index in [1.165, 1.54) is 0 Å². The van der Waals surface area contributed by atoms with Crippen molar-refractivity contribution in [2.45, 2.75) is 31.4 Å². The van der Waals surface area contributed by atoms with Crippen LogP contribution in [0.5, 0.6) is 0 Å². The maximum Gasteiger partial charge on any atom is 0.0959 e. The molecule has 80 valence electrons. The Morgan fingerprint density at radius 1 is 1.15 bits per heavy atom. The van der Waals surface area contributed by atoms with E-state index in [1.54, 1.807) is 24.1 Å². The van der Waals surface area contributed by atoms with E-state index in [4.69, 9.17) is 8.37 Å². The van der Waals surface area contributed by atoms with Gasteiger partial charge in [0.05, 0.1) is 16.9 Å². The van der Waals surface area contributed by atoms with E-state index in [1.807, 2.05) is 13.8 Å². The molecule has 2 nitrogen and oxygen atoms in total. The first-order chi connectivity index (χ1) is 6.06. The molecule has 5 heteroatoms. The van der Waals surface area contributed by atoms with Crippen molar-refractivity contribution in [3.8, 4) is 0 Å². The van der Waals surface area contributed by atoms with Crippen LogP contribution in [0, 0.1) is 5.92 Å². The molecule has 0 fully saturated rings. The van der Waals surface area contributed by atoms with Gasteiger partial charge in [-0.2, -0.15) is 0 Å². The van der Waals surface area contributed by atoms with Crippen LogP contribution in [0.2, 0.25) is 0 Å². The summed E-state index contributed by atoms with van der Waals surface area (Å²) in [5, 5.41) is 0. The lowest BCUT2D eigenvalue weighted by Crippen LogP contribution is -2.28. The second-order valence-electron chi connectivity index (χ2n) is 3.15. The molecule has 0 unspecified atom stereocenters. The molecular formula is C8H20O2S2Si. The Hall–Kier alpha value is 0.837. The van der Waals surface area contributed by atoms with E-state index in [9.17, 15) is 0 Å². The molecule has 0 atom stereocenters. The highest BCUT2D eigenvalue weighted by molar-refractivity contribution is 8.15. The average Bonchev–Trinajstić information content (AvgIpc) is 2.11. The molecule has 0 bridgehead atoms. The van der Waals surface area contributed by atoms with Crippen LogP contribution >= 0.6 is 24.1 Å². The van der Waals surface area contributed by atoms with Crippen LogP contribution in [0.4, 0.5) is 0 Å². The fraction of sp³-hybridized carbons (Fsp3) is 1.00. The summed E-state index contributed by atoms with van der Waals surface area (Å²) >= 11 is 3.14. The second-order valence-corrected chi connectivity index (χ2v) is 8.94. The molecule has 0 amide bonds. The monoisotopic (exact) mass is 240 g/mol. The first kappa shape index (κ1) is 13.8. The summed E-state index contributed by atoms with van der Waals surface area (Å²) in [5.41, 5.74) is 0. The van der Waals surface area contributed by atoms with Gasteiger partial charge < -0.3 is 8.37 Å². The molecule has 0 rings (SSSR count). The molecule has 0 heterocycles. The summed E-state index contributed by atoms with van der Waals surface area (Å²) in [4.78, 5) is 0. The van der Waals surface area contributed by atoms with Crippen LogP contribution in [-0.4, -0.2) is 27.2 Å². The highest BCUT2D eigenvalue weighted by Gasteiger charge is 2.31. The first-order valence-electron chi connectivity index (χ1n) is 4.68. The van der Waals surface area contributed by atoms with Crippen molar-refractivity contribution in [2.24, 2.45) is 5.92 Å². The summed E-state index contributed by atoms with van der Waals surface area (Å²) in [5.74, 6) is 0.576. The highest BCUT2D eigenvalue weighted by atomic mass is 32.2. The minimum Gasteiger partial charge on any atom is -0.314 e. The van der Waals surface area contributed by atoms with Crippen molar-refractivity contribution in [1.82, 2.24) is 0 Å². The van der Waals surface area contributed by atoms with Gasteiger partial charge in [0.15, 0.2) is 0 Å². The molecule has 0 radical (unpaired) electrons. The summed E-state index contributed by atoms with van der Waals surface area (Å²) in [6.07, 6.45) is 0. The largest absolute Gasteiger partial charge is 0.314 e. The quantitative estimate of drug-likeness (QED) is 0.385. The molecule has 0 saturated carbocycles. The second kappa shape index (κ2) is 7.17. The Morgan fingerprint density at radius 2 is 1.54 bits per heavy atom. The molecule has 0 spiro atoms. The van der Waals surface area contributed by atoms with Gasteiger partial charge in [-0.25, -0.2) is 0 Å². The summed E-state index contributed by atoms with van der Waals surface area (Å²) in [7, 11) is 1.06. The van der Waals surface area contributed by atoms with Crippen LogP contribution in [0.1, 0.15) is 27.7 Å². The lowest BCUT2D eigenvalue weighted by Gasteiger charge is -2.29. The highest BCUT2D eigenvalue weighted by Crippen LogP contribution is 2.41. The Balaban J connectivity index is 4.00. The minimum absolute atomic E-state index is 0.131. The standard InChI is InChI=1S/C8H20O2S2Si/c1-5-9-11-8(13,7(3)4)12-10-6-2/h7H,5-6H2,1-4,13H3. The Bertz CT molecular complexity index is 125. The lowest BCUT2D eigenvalue weighted by atomic mass is 10.3. The summed E-state index contributed by atoms with van der Waals surface area (Å²) in [6, 6.07) is 0. The third-order valence-electron chi connectivity index (χ3n) is 1.73. The Kier molecular flexibility index (Phi) is 7.63. The molecule has 0 saturated heterocycles. The van der Waals surface area contributed by atoms with Crippen molar-refractivity contribution in [3.05, 3.63) is 0 Å².